The van der Waals surface area contributed by atoms with E-state index < -0.39 is 17.6 Å². The summed E-state index contributed by atoms with van der Waals surface area (Å²) in [4.78, 5) is 62.2. The lowest BCUT2D eigenvalue weighted by Crippen LogP contribution is -2.39. The molecule has 0 heterocycles. The quantitative estimate of drug-likeness (QED) is 0.121. The summed E-state index contributed by atoms with van der Waals surface area (Å²) in [7, 11) is 0. The van der Waals surface area contributed by atoms with Crippen LogP contribution in [0.25, 0.3) is 0 Å². The van der Waals surface area contributed by atoms with Gasteiger partial charge < -0.3 is 24.9 Å². The molecule has 0 fully saturated rings. The van der Waals surface area contributed by atoms with Gasteiger partial charge in [0.1, 0.15) is 19.5 Å². The van der Waals surface area contributed by atoms with E-state index in [-0.39, 0.29) is 13.2 Å². The second-order valence-corrected chi connectivity index (χ2v) is 7.61. The van der Waals surface area contributed by atoms with Gasteiger partial charge in [0.2, 0.25) is 12.2 Å². The van der Waals surface area contributed by atoms with Gasteiger partial charge in [0.15, 0.2) is 0 Å². The number of amides is 2. The van der Waals surface area contributed by atoms with Crippen molar-refractivity contribution in [2.24, 2.45) is 15.4 Å². The van der Waals surface area contributed by atoms with Crippen LogP contribution in [0.4, 0.5) is 9.59 Å². The van der Waals surface area contributed by atoms with Gasteiger partial charge in [-0.3, -0.25) is 0 Å². The largest absolute Gasteiger partial charge is 0.448 e. The van der Waals surface area contributed by atoms with Crippen LogP contribution in [0.5, 0.6) is 0 Å². The van der Waals surface area contributed by atoms with Gasteiger partial charge in [-0.25, -0.2) is 29.2 Å². The van der Waals surface area contributed by atoms with E-state index in [9.17, 15) is 24.0 Å². The lowest BCUT2D eigenvalue weighted by molar-refractivity contribution is -0.121. The Hall–Kier alpha value is -3.03. The molecule has 11 nitrogen and oxygen atoms in total. The number of isocyanates is 2. The number of carbonyl (C=O) groups is 3. The van der Waals surface area contributed by atoms with Crippen molar-refractivity contribution in [3.63, 3.8) is 0 Å². The molecule has 0 radical (unpaired) electrons. The molecule has 33 heavy (non-hydrogen) atoms. The van der Waals surface area contributed by atoms with Gasteiger partial charge in [-0.15, -0.1) is 0 Å². The number of nitrogens with zero attached hydrogens (tertiary/aromatic N) is 2. The summed E-state index contributed by atoms with van der Waals surface area (Å²) >= 11 is 0. The fourth-order valence-electron chi connectivity index (χ4n) is 2.73. The Morgan fingerprint density at radius 3 is 1.58 bits per heavy atom. The molecule has 0 aliphatic heterocycles. The van der Waals surface area contributed by atoms with Gasteiger partial charge in [0.25, 0.3) is 0 Å². The SMILES string of the molecule is CCC(C=O)(COC(=O)NCCCCCCN=C=O)COC(=O)NCCCCCCN=C=O. The normalized spacial score (nSPS) is 11.8. The third kappa shape index (κ3) is 17.2. The Bertz CT molecular complexity index is 611. The smallest absolute Gasteiger partial charge is 0.407 e. The average Bonchev–Trinajstić information content (AvgIpc) is 2.83. The number of aldehydes is 1. The van der Waals surface area contributed by atoms with Gasteiger partial charge in [-0.05, 0) is 32.1 Å². The van der Waals surface area contributed by atoms with Crippen LogP contribution in [0.2, 0.25) is 0 Å². The van der Waals surface area contributed by atoms with Crippen LogP contribution in [-0.2, 0) is 23.9 Å². The molecule has 2 N–H and O–H groups in total. The Morgan fingerprint density at radius 1 is 0.788 bits per heavy atom. The minimum atomic E-state index is -1.10. The number of carbonyl (C=O) groups excluding carboxylic acids is 5. The van der Waals surface area contributed by atoms with E-state index in [4.69, 9.17) is 9.47 Å². The van der Waals surface area contributed by atoms with Gasteiger partial charge in [-0.2, -0.15) is 0 Å². The molecule has 0 aromatic carbocycles. The summed E-state index contributed by atoms with van der Waals surface area (Å²) in [6.45, 7) is 3.14. The van der Waals surface area contributed by atoms with Crippen LogP contribution >= 0.6 is 0 Å². The maximum absolute atomic E-state index is 11.9. The maximum Gasteiger partial charge on any atom is 0.407 e. The fraction of sp³-hybridized carbons (Fsp3) is 0.773. The number of hydrogen-bond donors (Lipinski definition) is 2. The molecule has 2 amide bonds. The van der Waals surface area contributed by atoms with E-state index in [0.717, 1.165) is 51.4 Å². The maximum atomic E-state index is 11.9. The molecule has 186 valence electrons. The first-order chi connectivity index (χ1) is 16.0. The van der Waals surface area contributed by atoms with Crippen molar-refractivity contribution in [3.05, 3.63) is 0 Å². The second-order valence-electron chi connectivity index (χ2n) is 7.61. The standard InChI is InChI=1S/C22H36N4O7/c1-2-22(15-27,16-32-20(30)25-13-9-5-3-7-11-23-18-28)17-33-21(31)26-14-10-6-4-8-12-24-19-29/h15H,2-14,16-17H2,1H3,(H,25,30)(H,26,31). The zero-order chi connectivity index (χ0) is 24.6. The van der Waals surface area contributed by atoms with Crippen molar-refractivity contribution in [1.29, 1.82) is 0 Å². The van der Waals surface area contributed by atoms with Gasteiger partial charge in [-0.1, -0.05) is 32.6 Å². The predicted octanol–water partition coefficient (Wildman–Crippen LogP) is 2.83. The summed E-state index contributed by atoms with van der Waals surface area (Å²) in [6.07, 6.45) is 9.32. The highest BCUT2D eigenvalue weighted by molar-refractivity contribution is 5.69. The molecule has 0 rings (SSSR count). The van der Waals surface area contributed by atoms with E-state index in [1.807, 2.05) is 0 Å². The van der Waals surface area contributed by atoms with Crippen LogP contribution in [0.1, 0.15) is 64.7 Å². The highest BCUT2D eigenvalue weighted by Gasteiger charge is 2.32. The highest BCUT2D eigenvalue weighted by atomic mass is 16.6. The molecule has 0 aromatic rings. The number of hydrogen-bond acceptors (Lipinski definition) is 9. The Morgan fingerprint density at radius 2 is 1.21 bits per heavy atom. The van der Waals surface area contributed by atoms with Gasteiger partial charge in [0.05, 0.1) is 18.5 Å². The topological polar surface area (TPSA) is 153 Å². The van der Waals surface area contributed by atoms with Crippen LogP contribution < -0.4 is 10.6 Å². The third-order valence-electron chi connectivity index (χ3n) is 5.00. The molecule has 0 aliphatic carbocycles. The van der Waals surface area contributed by atoms with Crippen molar-refractivity contribution in [2.75, 3.05) is 39.4 Å². The molecular weight excluding hydrogens is 432 g/mol. The molecule has 0 unspecified atom stereocenters. The Kier molecular flexibility index (Phi) is 18.9. The molecule has 0 aliphatic rings. The third-order valence-corrected chi connectivity index (χ3v) is 5.00. The van der Waals surface area contributed by atoms with E-state index in [1.54, 1.807) is 6.92 Å². The van der Waals surface area contributed by atoms with Gasteiger partial charge in [0, 0.05) is 13.1 Å². The van der Waals surface area contributed by atoms with Crippen LogP contribution in [0.3, 0.4) is 0 Å². The first kappa shape index (κ1) is 30.0. The van der Waals surface area contributed by atoms with Crippen molar-refractivity contribution in [1.82, 2.24) is 10.6 Å². The van der Waals surface area contributed by atoms with Crippen molar-refractivity contribution in [2.45, 2.75) is 64.7 Å². The van der Waals surface area contributed by atoms with Crippen molar-refractivity contribution >= 4 is 30.6 Å². The van der Waals surface area contributed by atoms with E-state index in [1.165, 1.54) is 12.2 Å². The predicted molar refractivity (Wildman–Crippen MR) is 120 cm³/mol. The van der Waals surface area contributed by atoms with Crippen LogP contribution in [-0.4, -0.2) is 70.0 Å². The molecule has 0 bridgehead atoms. The van der Waals surface area contributed by atoms with Crippen LogP contribution in [0, 0.1) is 5.41 Å². The lowest BCUT2D eigenvalue weighted by Gasteiger charge is -2.25. The number of aliphatic imine (C=N–C) groups is 2. The molecule has 11 heteroatoms. The zero-order valence-electron chi connectivity index (χ0n) is 19.4. The molecule has 0 aromatic heterocycles. The second kappa shape index (κ2) is 20.8. The summed E-state index contributed by atoms with van der Waals surface area (Å²) in [5, 5.41) is 5.24. The zero-order valence-corrected chi connectivity index (χ0v) is 19.4. The monoisotopic (exact) mass is 468 g/mol. The minimum absolute atomic E-state index is 0.195. The first-order valence-corrected chi connectivity index (χ1v) is 11.4. The number of unbranched alkanes of at least 4 members (excludes halogenated alkanes) is 6. The summed E-state index contributed by atoms with van der Waals surface area (Å²) in [5.74, 6) is 0. The number of alkyl carbamates (subject to hydrolysis) is 2. The Labute approximate surface area is 194 Å². The molecule has 0 saturated heterocycles. The first-order valence-electron chi connectivity index (χ1n) is 11.4. The van der Waals surface area contributed by atoms with Gasteiger partial charge >= 0.3 is 12.2 Å². The molecular formula is C22H36N4O7. The number of ether oxygens (including phenoxy) is 2. The minimum Gasteiger partial charge on any atom is -0.448 e. The summed E-state index contributed by atoms with van der Waals surface area (Å²) < 4.78 is 10.3. The number of nitrogens with one attached hydrogen (secondary N) is 2. The fourth-order valence-corrected chi connectivity index (χ4v) is 2.73. The van der Waals surface area contributed by atoms with Crippen molar-refractivity contribution in [3.8, 4) is 0 Å². The van der Waals surface area contributed by atoms with Crippen LogP contribution in [0.15, 0.2) is 9.98 Å². The van der Waals surface area contributed by atoms with E-state index in [0.29, 0.717) is 38.9 Å². The molecule has 0 saturated carbocycles. The number of rotatable bonds is 20. The summed E-state index contributed by atoms with van der Waals surface area (Å²) in [6, 6.07) is 0. The molecule has 0 atom stereocenters. The Balaban J connectivity index is 4.03. The van der Waals surface area contributed by atoms with Crippen molar-refractivity contribution < 1.29 is 33.4 Å². The summed E-state index contributed by atoms with van der Waals surface area (Å²) in [5.41, 5.74) is -1.10. The average molecular weight is 469 g/mol. The highest BCUT2D eigenvalue weighted by Crippen LogP contribution is 2.20. The van der Waals surface area contributed by atoms with E-state index in [2.05, 4.69) is 20.6 Å². The molecule has 0 spiro atoms. The lowest BCUT2D eigenvalue weighted by atomic mass is 9.89. The van der Waals surface area contributed by atoms with E-state index >= 15 is 0 Å².